The molecular weight excluding hydrogens is 292 g/mol. The van der Waals surface area contributed by atoms with Crippen LogP contribution in [0.25, 0.3) is 0 Å². The molecule has 0 amide bonds. The van der Waals surface area contributed by atoms with Crippen molar-refractivity contribution in [2.45, 2.75) is 24.8 Å². The van der Waals surface area contributed by atoms with Crippen LogP contribution in [-0.2, 0) is 23.0 Å². The third kappa shape index (κ3) is 2.04. The largest absolute Gasteiger partial charge is 0.326 e. The van der Waals surface area contributed by atoms with Gasteiger partial charge in [0.25, 0.3) is 10.0 Å². The Kier molecular flexibility index (Phi) is 3.32. The van der Waals surface area contributed by atoms with Crippen molar-refractivity contribution in [2.75, 3.05) is 10.8 Å². The van der Waals surface area contributed by atoms with Crippen LogP contribution < -0.4 is 10.0 Å². The Morgan fingerprint density at radius 1 is 1.35 bits per heavy atom. The number of fused-ring (bicyclic) bond motifs is 1. The summed E-state index contributed by atoms with van der Waals surface area (Å²) in [6.07, 6.45) is 0.766. The standard InChI is InChI=1S/C14H16N2O2S2/c1-10-14(8-12(9-15)19-10)20(17,18)16-7-6-11-4-2-3-5-13(11)16/h2-5,8H,6-7,9,15H2,1H3. The van der Waals surface area contributed by atoms with Gasteiger partial charge in [-0.05, 0) is 31.0 Å². The minimum Gasteiger partial charge on any atom is -0.326 e. The normalized spacial score (nSPS) is 14.6. The van der Waals surface area contributed by atoms with Crippen molar-refractivity contribution in [3.05, 3.63) is 45.6 Å². The molecule has 0 saturated heterocycles. The van der Waals surface area contributed by atoms with Crippen LogP contribution in [0.3, 0.4) is 0 Å². The lowest BCUT2D eigenvalue weighted by Crippen LogP contribution is -2.29. The molecule has 2 heterocycles. The van der Waals surface area contributed by atoms with E-state index in [-0.39, 0.29) is 0 Å². The van der Waals surface area contributed by atoms with Crippen molar-refractivity contribution >= 4 is 27.0 Å². The number of para-hydroxylation sites is 1. The first kappa shape index (κ1) is 13.6. The van der Waals surface area contributed by atoms with Crippen molar-refractivity contribution in [1.29, 1.82) is 0 Å². The van der Waals surface area contributed by atoms with Gasteiger partial charge < -0.3 is 5.73 Å². The van der Waals surface area contributed by atoms with E-state index in [0.717, 1.165) is 27.4 Å². The van der Waals surface area contributed by atoms with Crippen LogP contribution in [0.1, 0.15) is 15.3 Å². The lowest BCUT2D eigenvalue weighted by atomic mass is 10.2. The number of sulfonamides is 1. The van der Waals surface area contributed by atoms with E-state index in [1.807, 2.05) is 31.2 Å². The highest BCUT2D eigenvalue weighted by Gasteiger charge is 2.32. The van der Waals surface area contributed by atoms with Gasteiger partial charge in [-0.2, -0.15) is 0 Å². The summed E-state index contributed by atoms with van der Waals surface area (Å²) < 4.78 is 27.2. The molecule has 0 aliphatic carbocycles. The zero-order valence-corrected chi connectivity index (χ0v) is 12.8. The summed E-state index contributed by atoms with van der Waals surface area (Å²) in [5, 5.41) is 0. The summed E-state index contributed by atoms with van der Waals surface area (Å²) in [6, 6.07) is 9.37. The van der Waals surface area contributed by atoms with Crippen molar-refractivity contribution in [3.8, 4) is 0 Å². The van der Waals surface area contributed by atoms with Gasteiger partial charge >= 0.3 is 0 Å². The summed E-state index contributed by atoms with van der Waals surface area (Å²) in [6.45, 7) is 2.71. The molecule has 0 radical (unpaired) electrons. The minimum absolute atomic E-state index is 0.373. The van der Waals surface area contributed by atoms with Crippen LogP contribution in [0, 0.1) is 6.92 Å². The molecule has 1 aliphatic rings. The Morgan fingerprint density at radius 2 is 2.10 bits per heavy atom. The van der Waals surface area contributed by atoms with Crippen LogP contribution in [0.2, 0.25) is 0 Å². The number of hydrogen-bond acceptors (Lipinski definition) is 4. The maximum atomic E-state index is 12.8. The highest BCUT2D eigenvalue weighted by Crippen LogP contribution is 2.35. The molecular formula is C14H16N2O2S2. The lowest BCUT2D eigenvalue weighted by Gasteiger charge is -2.19. The fraction of sp³-hybridized carbons (Fsp3) is 0.286. The van der Waals surface area contributed by atoms with Gasteiger partial charge in [-0.25, -0.2) is 8.42 Å². The Labute approximate surface area is 122 Å². The van der Waals surface area contributed by atoms with E-state index in [0.29, 0.717) is 18.0 Å². The Balaban J connectivity index is 2.07. The van der Waals surface area contributed by atoms with E-state index in [2.05, 4.69) is 0 Å². The Bertz CT molecular complexity index is 750. The Morgan fingerprint density at radius 3 is 2.80 bits per heavy atom. The van der Waals surface area contributed by atoms with Crippen LogP contribution in [0.4, 0.5) is 5.69 Å². The first-order chi connectivity index (χ1) is 9.54. The second-order valence-corrected chi connectivity index (χ2v) is 7.96. The average molecular weight is 308 g/mol. The quantitative estimate of drug-likeness (QED) is 0.946. The molecule has 2 aromatic rings. The molecule has 0 saturated carbocycles. The summed E-state index contributed by atoms with van der Waals surface area (Å²) >= 11 is 1.45. The molecule has 0 fully saturated rings. The van der Waals surface area contributed by atoms with E-state index < -0.39 is 10.0 Å². The van der Waals surface area contributed by atoms with E-state index in [4.69, 9.17) is 5.73 Å². The number of nitrogens with two attached hydrogens (primary N) is 1. The van der Waals surface area contributed by atoms with E-state index in [1.54, 1.807) is 6.07 Å². The zero-order chi connectivity index (χ0) is 14.3. The van der Waals surface area contributed by atoms with Crippen molar-refractivity contribution < 1.29 is 8.42 Å². The summed E-state index contributed by atoms with van der Waals surface area (Å²) in [7, 11) is -3.48. The summed E-state index contributed by atoms with van der Waals surface area (Å²) in [4.78, 5) is 2.09. The van der Waals surface area contributed by atoms with Crippen LogP contribution >= 0.6 is 11.3 Å². The molecule has 3 rings (SSSR count). The minimum atomic E-state index is -3.48. The van der Waals surface area contributed by atoms with Crippen LogP contribution in [0.5, 0.6) is 0 Å². The molecule has 106 valence electrons. The number of benzene rings is 1. The molecule has 20 heavy (non-hydrogen) atoms. The molecule has 4 nitrogen and oxygen atoms in total. The van der Waals surface area contributed by atoms with Gasteiger partial charge in [0.15, 0.2) is 0 Å². The molecule has 0 spiro atoms. The Hall–Kier alpha value is -1.37. The molecule has 0 unspecified atom stereocenters. The number of hydrogen-bond donors (Lipinski definition) is 1. The molecule has 0 atom stereocenters. The van der Waals surface area contributed by atoms with Gasteiger partial charge in [0, 0.05) is 22.8 Å². The molecule has 0 bridgehead atoms. The SMILES string of the molecule is Cc1sc(CN)cc1S(=O)(=O)N1CCc2ccccc21. The molecule has 2 N–H and O–H groups in total. The number of anilines is 1. The van der Waals surface area contributed by atoms with Crippen molar-refractivity contribution in [3.63, 3.8) is 0 Å². The van der Waals surface area contributed by atoms with Crippen LogP contribution in [0.15, 0.2) is 35.2 Å². The maximum absolute atomic E-state index is 12.8. The second kappa shape index (κ2) is 4.87. The van der Waals surface area contributed by atoms with E-state index >= 15 is 0 Å². The fourth-order valence-electron chi connectivity index (χ4n) is 2.56. The third-order valence-electron chi connectivity index (χ3n) is 3.54. The third-order valence-corrected chi connectivity index (χ3v) is 6.68. The maximum Gasteiger partial charge on any atom is 0.265 e. The van der Waals surface area contributed by atoms with Crippen molar-refractivity contribution in [2.24, 2.45) is 5.73 Å². The van der Waals surface area contributed by atoms with Gasteiger partial charge in [0.2, 0.25) is 0 Å². The van der Waals surface area contributed by atoms with E-state index in [1.165, 1.54) is 15.6 Å². The average Bonchev–Trinajstić information content (AvgIpc) is 3.02. The van der Waals surface area contributed by atoms with Gasteiger partial charge in [-0.1, -0.05) is 18.2 Å². The first-order valence-corrected chi connectivity index (χ1v) is 8.69. The highest BCUT2D eigenvalue weighted by molar-refractivity contribution is 7.93. The predicted octanol–water partition coefficient (Wildman–Crippen LogP) is 2.27. The highest BCUT2D eigenvalue weighted by atomic mass is 32.2. The lowest BCUT2D eigenvalue weighted by molar-refractivity contribution is 0.592. The summed E-state index contributed by atoms with van der Waals surface area (Å²) in [5.74, 6) is 0. The second-order valence-electron chi connectivity index (χ2n) is 4.79. The van der Waals surface area contributed by atoms with Gasteiger partial charge in [-0.3, -0.25) is 4.31 Å². The first-order valence-electron chi connectivity index (χ1n) is 6.44. The number of aryl methyl sites for hydroxylation is 1. The molecule has 1 aliphatic heterocycles. The van der Waals surface area contributed by atoms with Crippen molar-refractivity contribution in [1.82, 2.24) is 0 Å². The molecule has 6 heteroatoms. The number of thiophene rings is 1. The molecule has 1 aromatic carbocycles. The zero-order valence-electron chi connectivity index (χ0n) is 11.2. The number of nitrogens with zero attached hydrogens (tertiary/aromatic N) is 1. The predicted molar refractivity (Wildman–Crippen MR) is 81.6 cm³/mol. The number of rotatable bonds is 3. The monoisotopic (exact) mass is 308 g/mol. The van der Waals surface area contributed by atoms with Gasteiger partial charge in [-0.15, -0.1) is 11.3 Å². The molecule has 1 aromatic heterocycles. The van der Waals surface area contributed by atoms with Gasteiger partial charge in [0.05, 0.1) is 5.69 Å². The fourth-order valence-corrected chi connectivity index (χ4v) is 5.55. The van der Waals surface area contributed by atoms with Crippen LogP contribution in [-0.4, -0.2) is 15.0 Å². The van der Waals surface area contributed by atoms with E-state index in [9.17, 15) is 8.42 Å². The summed E-state index contributed by atoms with van der Waals surface area (Å²) in [5.41, 5.74) is 7.49. The smallest absolute Gasteiger partial charge is 0.265 e. The van der Waals surface area contributed by atoms with Gasteiger partial charge in [0.1, 0.15) is 4.90 Å². The topological polar surface area (TPSA) is 63.4 Å².